The van der Waals surface area contributed by atoms with Crippen molar-refractivity contribution in [1.29, 1.82) is 0 Å². The van der Waals surface area contributed by atoms with E-state index in [-0.39, 0.29) is 17.7 Å². The Morgan fingerprint density at radius 2 is 1.80 bits per heavy atom. The number of ether oxygens (including phenoxy) is 1. The Morgan fingerprint density at radius 1 is 1.00 bits per heavy atom. The average molecular weight is 588 g/mol. The maximum atomic E-state index is 14.6. The summed E-state index contributed by atoms with van der Waals surface area (Å²) in [7, 11) is 0. The Labute approximate surface area is 236 Å². The number of unbranched alkanes of at least 4 members (excludes halogenated alkanes) is 1. The molecule has 0 aliphatic heterocycles. The second-order valence-corrected chi connectivity index (χ2v) is 10.2. The molecule has 13 heteroatoms. The summed E-state index contributed by atoms with van der Waals surface area (Å²) in [5, 5.41) is 12.0. The van der Waals surface area contributed by atoms with Crippen LogP contribution in [-0.4, -0.2) is 33.4 Å². The largest absolute Gasteiger partial charge is 0.573 e. The standard InChI is InChI=1S/C28H25F4N5O3S/c29-21-14-17(10-11-22(21)35-23(38)15-18-6-3-8-20(13-18)40-28(30,31)32)5-1-2-9-24-36-37-27(41-24)25(26(33)39)19-7-4-12-34-16-19/h3-4,6-8,10-14,16,25H,1-2,5,9,15H2,(H2,33,39)(H,35,38). The van der Waals surface area contributed by atoms with Crippen molar-refractivity contribution in [2.75, 3.05) is 5.32 Å². The molecule has 4 rings (SSSR count). The molecule has 0 aliphatic carbocycles. The van der Waals surface area contributed by atoms with Crippen LogP contribution < -0.4 is 15.8 Å². The molecule has 1 unspecified atom stereocenters. The number of nitrogens with two attached hydrogens (primary N) is 1. The van der Waals surface area contributed by atoms with Crippen LogP contribution in [-0.2, 0) is 28.9 Å². The number of anilines is 1. The normalized spacial score (nSPS) is 12.1. The number of alkyl halides is 3. The van der Waals surface area contributed by atoms with E-state index in [0.717, 1.165) is 35.5 Å². The van der Waals surface area contributed by atoms with Crippen LogP contribution in [0.5, 0.6) is 5.75 Å². The number of halogens is 4. The minimum atomic E-state index is -4.84. The molecule has 0 radical (unpaired) electrons. The van der Waals surface area contributed by atoms with Gasteiger partial charge in [-0.1, -0.05) is 24.3 Å². The fourth-order valence-electron chi connectivity index (χ4n) is 4.11. The first kappa shape index (κ1) is 29.6. The van der Waals surface area contributed by atoms with Crippen LogP contribution >= 0.6 is 11.3 Å². The van der Waals surface area contributed by atoms with Gasteiger partial charge in [-0.15, -0.1) is 34.7 Å². The van der Waals surface area contributed by atoms with Crippen LogP contribution in [0.2, 0.25) is 0 Å². The zero-order valence-corrected chi connectivity index (χ0v) is 22.3. The summed E-state index contributed by atoms with van der Waals surface area (Å²) >= 11 is 1.32. The molecule has 2 aromatic carbocycles. The minimum Gasteiger partial charge on any atom is -0.406 e. The average Bonchev–Trinajstić information content (AvgIpc) is 3.36. The number of amides is 2. The van der Waals surface area contributed by atoms with Gasteiger partial charge in [-0.3, -0.25) is 14.6 Å². The Morgan fingerprint density at radius 3 is 2.51 bits per heavy atom. The highest BCUT2D eigenvalue weighted by Crippen LogP contribution is 2.28. The number of aromatic nitrogens is 3. The van der Waals surface area contributed by atoms with Crippen LogP contribution in [0.1, 0.15) is 45.5 Å². The third kappa shape index (κ3) is 8.80. The summed E-state index contributed by atoms with van der Waals surface area (Å²) in [5.74, 6) is -2.90. The zero-order chi connectivity index (χ0) is 29.4. The Hall–Kier alpha value is -4.39. The fraction of sp³-hybridized carbons (Fsp3) is 0.250. The van der Waals surface area contributed by atoms with Gasteiger partial charge in [0.1, 0.15) is 27.5 Å². The Balaban J connectivity index is 1.25. The molecule has 214 valence electrons. The van der Waals surface area contributed by atoms with E-state index in [1.807, 2.05) is 0 Å². The van der Waals surface area contributed by atoms with Crippen LogP contribution in [0.4, 0.5) is 23.2 Å². The lowest BCUT2D eigenvalue weighted by atomic mass is 10.0. The molecule has 2 aromatic heterocycles. The van der Waals surface area contributed by atoms with Gasteiger partial charge in [0.05, 0.1) is 12.1 Å². The summed E-state index contributed by atoms with van der Waals surface area (Å²) < 4.78 is 55.7. The molecular formula is C28H25F4N5O3S. The second kappa shape index (κ2) is 13.3. The van der Waals surface area contributed by atoms with Gasteiger partial charge in [0, 0.05) is 18.8 Å². The summed E-state index contributed by atoms with van der Waals surface area (Å²) in [6.45, 7) is 0. The fourth-order valence-corrected chi connectivity index (χ4v) is 5.13. The smallest absolute Gasteiger partial charge is 0.406 e. The van der Waals surface area contributed by atoms with Gasteiger partial charge in [-0.2, -0.15) is 0 Å². The van der Waals surface area contributed by atoms with E-state index < -0.39 is 35.7 Å². The van der Waals surface area contributed by atoms with Gasteiger partial charge < -0.3 is 15.8 Å². The van der Waals surface area contributed by atoms with Crippen molar-refractivity contribution in [3.05, 3.63) is 99.5 Å². The van der Waals surface area contributed by atoms with Crippen molar-refractivity contribution in [3.8, 4) is 5.75 Å². The van der Waals surface area contributed by atoms with Crippen molar-refractivity contribution < 1.29 is 31.9 Å². The summed E-state index contributed by atoms with van der Waals surface area (Å²) in [6.07, 6.45) is 0.771. The van der Waals surface area contributed by atoms with Crippen LogP contribution in [0.3, 0.4) is 0 Å². The first-order valence-corrected chi connectivity index (χ1v) is 13.3. The molecule has 0 bridgehead atoms. The number of pyridine rings is 1. The Bertz CT molecular complexity index is 1500. The molecule has 0 saturated carbocycles. The Kier molecular flexibility index (Phi) is 9.61. The molecule has 4 aromatic rings. The number of nitrogens with one attached hydrogen (secondary N) is 1. The number of hydrogen-bond acceptors (Lipinski definition) is 7. The number of benzene rings is 2. The molecule has 0 fully saturated rings. The number of primary amides is 1. The molecule has 1 atom stereocenters. The molecule has 0 spiro atoms. The van der Waals surface area contributed by atoms with Gasteiger partial charge in [0.15, 0.2) is 0 Å². The van der Waals surface area contributed by atoms with E-state index in [1.165, 1.54) is 35.6 Å². The highest BCUT2D eigenvalue weighted by molar-refractivity contribution is 7.11. The topological polar surface area (TPSA) is 120 Å². The van der Waals surface area contributed by atoms with Gasteiger partial charge in [-0.05, 0) is 66.3 Å². The first-order valence-electron chi connectivity index (χ1n) is 12.5. The van der Waals surface area contributed by atoms with Gasteiger partial charge in [-0.25, -0.2) is 4.39 Å². The van der Waals surface area contributed by atoms with Crippen molar-refractivity contribution in [3.63, 3.8) is 0 Å². The quantitative estimate of drug-likeness (QED) is 0.171. The SMILES string of the molecule is NC(=O)C(c1cccnc1)c1nnc(CCCCc2ccc(NC(=O)Cc3cccc(OC(F)(F)F)c3)c(F)c2)s1. The molecule has 0 aliphatic rings. The molecule has 2 amide bonds. The summed E-state index contributed by atoms with van der Waals surface area (Å²) in [6, 6.07) is 13.0. The maximum Gasteiger partial charge on any atom is 0.573 e. The number of hydrogen-bond donors (Lipinski definition) is 2. The molecule has 3 N–H and O–H groups in total. The number of rotatable bonds is 12. The molecule has 8 nitrogen and oxygen atoms in total. The molecule has 0 saturated heterocycles. The van der Waals surface area contributed by atoms with Crippen molar-refractivity contribution in [2.24, 2.45) is 5.73 Å². The van der Waals surface area contributed by atoms with Crippen molar-refractivity contribution in [1.82, 2.24) is 15.2 Å². The van der Waals surface area contributed by atoms with Crippen LogP contribution in [0.15, 0.2) is 67.0 Å². The molecular weight excluding hydrogens is 562 g/mol. The number of carbonyl (C=O) groups is 2. The predicted molar refractivity (Wildman–Crippen MR) is 144 cm³/mol. The van der Waals surface area contributed by atoms with E-state index in [1.54, 1.807) is 30.6 Å². The highest BCUT2D eigenvalue weighted by Gasteiger charge is 2.31. The maximum absolute atomic E-state index is 14.6. The van der Waals surface area contributed by atoms with Crippen LogP contribution in [0.25, 0.3) is 0 Å². The van der Waals surface area contributed by atoms with Crippen LogP contribution in [0, 0.1) is 5.82 Å². The first-order chi connectivity index (χ1) is 19.6. The third-order valence-electron chi connectivity index (χ3n) is 5.94. The van der Waals surface area contributed by atoms with E-state index in [2.05, 4.69) is 25.2 Å². The van der Waals surface area contributed by atoms with Gasteiger partial charge in [0.2, 0.25) is 11.8 Å². The lowest BCUT2D eigenvalue weighted by molar-refractivity contribution is -0.274. The lowest BCUT2D eigenvalue weighted by Gasteiger charge is -2.11. The number of nitrogens with zero attached hydrogens (tertiary/aromatic N) is 3. The minimum absolute atomic E-state index is 0.0274. The molecule has 2 heterocycles. The zero-order valence-electron chi connectivity index (χ0n) is 21.5. The third-order valence-corrected chi connectivity index (χ3v) is 6.99. The van der Waals surface area contributed by atoms with E-state index >= 15 is 0 Å². The van der Waals surface area contributed by atoms with Gasteiger partial charge in [0.25, 0.3) is 0 Å². The van der Waals surface area contributed by atoms with E-state index in [4.69, 9.17) is 5.73 Å². The number of carbonyl (C=O) groups excluding carboxylic acids is 2. The monoisotopic (exact) mass is 587 g/mol. The van der Waals surface area contributed by atoms with Gasteiger partial charge >= 0.3 is 6.36 Å². The molecule has 41 heavy (non-hydrogen) atoms. The summed E-state index contributed by atoms with van der Waals surface area (Å²) in [4.78, 5) is 28.4. The predicted octanol–water partition coefficient (Wildman–Crippen LogP) is 5.33. The van der Waals surface area contributed by atoms with E-state index in [0.29, 0.717) is 23.4 Å². The number of aryl methyl sites for hydroxylation is 2. The highest BCUT2D eigenvalue weighted by atomic mass is 32.1. The lowest BCUT2D eigenvalue weighted by Crippen LogP contribution is -2.22. The summed E-state index contributed by atoms with van der Waals surface area (Å²) in [5.41, 5.74) is 7.22. The van der Waals surface area contributed by atoms with E-state index in [9.17, 15) is 27.2 Å². The second-order valence-electron chi connectivity index (χ2n) is 9.10. The van der Waals surface area contributed by atoms with Crippen molar-refractivity contribution in [2.45, 2.75) is 44.4 Å². The van der Waals surface area contributed by atoms with Crippen molar-refractivity contribution >= 4 is 28.8 Å².